The van der Waals surface area contributed by atoms with Gasteiger partial charge in [-0.3, -0.25) is 0 Å². The molecule has 0 radical (unpaired) electrons. The monoisotopic (exact) mass is 364 g/mol. The topological polar surface area (TPSA) is 53.5 Å². The van der Waals surface area contributed by atoms with Gasteiger partial charge in [-0.2, -0.15) is 4.98 Å². The summed E-state index contributed by atoms with van der Waals surface area (Å²) in [5.74, 6) is -0.537. The van der Waals surface area contributed by atoms with E-state index in [1.165, 1.54) is 18.3 Å². The van der Waals surface area contributed by atoms with E-state index >= 15 is 0 Å². The van der Waals surface area contributed by atoms with Crippen molar-refractivity contribution in [2.75, 3.05) is 0 Å². The average molecular weight is 365 g/mol. The molecule has 25 heavy (non-hydrogen) atoms. The fourth-order valence-electron chi connectivity index (χ4n) is 2.30. The Morgan fingerprint density at radius 2 is 1.80 bits per heavy atom. The van der Waals surface area contributed by atoms with E-state index in [2.05, 4.69) is 9.97 Å². The Morgan fingerprint density at radius 1 is 1.16 bits per heavy atom. The van der Waals surface area contributed by atoms with E-state index in [0.717, 1.165) is 0 Å². The number of hydrogen-bond donors (Lipinski definition) is 0. The number of halogens is 2. The van der Waals surface area contributed by atoms with Crippen LogP contribution in [0.15, 0.2) is 24.4 Å². The van der Waals surface area contributed by atoms with Gasteiger partial charge in [-0.15, -0.1) is 0 Å². The first kappa shape index (κ1) is 18.1. The van der Waals surface area contributed by atoms with Crippen LogP contribution in [0.4, 0.5) is 4.39 Å². The summed E-state index contributed by atoms with van der Waals surface area (Å²) >= 11 is 5.87. The molecule has 5 nitrogen and oxygen atoms in total. The third-order valence-corrected chi connectivity index (χ3v) is 4.95. The first-order valence-electron chi connectivity index (χ1n) is 7.91. The lowest BCUT2D eigenvalue weighted by molar-refractivity contribution is 0.00578. The predicted octanol–water partition coefficient (Wildman–Crippen LogP) is 3.67. The molecule has 1 aliphatic heterocycles. The molecule has 0 aliphatic carbocycles. The molecule has 0 spiro atoms. The highest BCUT2D eigenvalue weighted by molar-refractivity contribution is 6.62. The van der Waals surface area contributed by atoms with E-state index in [9.17, 15) is 4.39 Å². The molecule has 0 amide bonds. The van der Waals surface area contributed by atoms with Gasteiger partial charge in [0.25, 0.3) is 0 Å². The zero-order valence-corrected chi connectivity index (χ0v) is 15.5. The predicted molar refractivity (Wildman–Crippen MR) is 94.0 cm³/mol. The highest BCUT2D eigenvalue weighted by Crippen LogP contribution is 2.36. The standard InChI is InChI=1S/C17H19BClFN2O3/c1-10-12(19)9-21-15(22-10)23-14-7-6-11(8-13(14)20)18-24-16(2,3)17(4,5)25-18/h6-9H,1-5H3. The van der Waals surface area contributed by atoms with Gasteiger partial charge in [-0.1, -0.05) is 17.7 Å². The van der Waals surface area contributed by atoms with Crippen molar-refractivity contribution in [3.8, 4) is 11.8 Å². The van der Waals surface area contributed by atoms with Crippen LogP contribution >= 0.6 is 11.6 Å². The zero-order valence-electron chi connectivity index (χ0n) is 14.8. The van der Waals surface area contributed by atoms with Crippen LogP contribution in [0.1, 0.15) is 33.4 Å². The zero-order chi connectivity index (χ0) is 18.4. The number of rotatable bonds is 3. The molecule has 2 aromatic rings. The molecule has 1 aromatic carbocycles. The van der Waals surface area contributed by atoms with Gasteiger partial charge in [0.2, 0.25) is 0 Å². The second-order valence-corrected chi connectivity index (χ2v) is 7.37. The minimum absolute atomic E-state index is 0.0157. The van der Waals surface area contributed by atoms with Gasteiger partial charge in [0.15, 0.2) is 11.6 Å². The van der Waals surface area contributed by atoms with Crippen molar-refractivity contribution in [1.29, 1.82) is 0 Å². The molecule has 0 atom stereocenters. The number of hydrogen-bond acceptors (Lipinski definition) is 5. The van der Waals surface area contributed by atoms with E-state index in [4.69, 9.17) is 25.6 Å². The third kappa shape index (κ3) is 3.49. The molecule has 132 valence electrons. The first-order chi connectivity index (χ1) is 11.6. The van der Waals surface area contributed by atoms with Gasteiger partial charge in [0, 0.05) is 0 Å². The van der Waals surface area contributed by atoms with Crippen molar-refractivity contribution < 1.29 is 18.4 Å². The average Bonchev–Trinajstić information content (AvgIpc) is 2.73. The summed E-state index contributed by atoms with van der Waals surface area (Å²) in [5, 5.41) is 0.420. The summed E-state index contributed by atoms with van der Waals surface area (Å²) in [4.78, 5) is 8.00. The van der Waals surface area contributed by atoms with Gasteiger partial charge in [0.1, 0.15) is 0 Å². The maximum atomic E-state index is 14.4. The van der Waals surface area contributed by atoms with Crippen LogP contribution in [0.2, 0.25) is 5.02 Å². The van der Waals surface area contributed by atoms with E-state index in [1.807, 2.05) is 27.7 Å². The van der Waals surface area contributed by atoms with E-state index in [1.54, 1.807) is 13.0 Å². The Labute approximate surface area is 151 Å². The normalized spacial score (nSPS) is 18.4. The third-order valence-electron chi connectivity index (χ3n) is 4.58. The summed E-state index contributed by atoms with van der Waals surface area (Å²) in [6.45, 7) is 9.50. The van der Waals surface area contributed by atoms with Crippen LogP contribution < -0.4 is 10.2 Å². The molecule has 0 saturated carbocycles. The van der Waals surface area contributed by atoms with Crippen LogP contribution in [0.25, 0.3) is 0 Å². The summed E-state index contributed by atoms with van der Waals surface area (Å²) in [7, 11) is -0.637. The quantitative estimate of drug-likeness (QED) is 0.778. The second kappa shape index (κ2) is 6.23. The molecule has 1 saturated heterocycles. The highest BCUT2D eigenvalue weighted by Gasteiger charge is 2.51. The Hall–Kier alpha value is -1.70. The van der Waals surface area contributed by atoms with Gasteiger partial charge >= 0.3 is 13.1 Å². The minimum Gasteiger partial charge on any atom is -0.421 e. The van der Waals surface area contributed by atoms with Crippen molar-refractivity contribution in [2.45, 2.75) is 45.8 Å². The van der Waals surface area contributed by atoms with Crippen molar-refractivity contribution in [1.82, 2.24) is 9.97 Å². The Kier molecular flexibility index (Phi) is 4.51. The molecule has 8 heteroatoms. The smallest absolute Gasteiger partial charge is 0.421 e. The molecule has 2 heterocycles. The Bertz CT molecular complexity index is 800. The molecule has 1 aliphatic rings. The Balaban J connectivity index is 1.81. The molecule has 0 bridgehead atoms. The fraction of sp³-hybridized carbons (Fsp3) is 0.412. The lowest BCUT2D eigenvalue weighted by Crippen LogP contribution is -2.41. The molecular formula is C17H19BClFN2O3. The molecular weight excluding hydrogens is 345 g/mol. The second-order valence-electron chi connectivity index (χ2n) is 6.97. The molecule has 3 rings (SSSR count). The van der Waals surface area contributed by atoms with Crippen molar-refractivity contribution in [2.24, 2.45) is 0 Å². The Morgan fingerprint density at radius 3 is 2.36 bits per heavy atom. The summed E-state index contributed by atoms with van der Waals surface area (Å²) in [6.07, 6.45) is 1.41. The summed E-state index contributed by atoms with van der Waals surface area (Å²) < 4.78 is 31.7. The number of nitrogens with zero attached hydrogens (tertiary/aromatic N) is 2. The highest BCUT2D eigenvalue weighted by atomic mass is 35.5. The maximum Gasteiger partial charge on any atom is 0.494 e. The lowest BCUT2D eigenvalue weighted by Gasteiger charge is -2.32. The summed E-state index contributed by atoms with van der Waals surface area (Å²) in [5.41, 5.74) is 0.160. The van der Waals surface area contributed by atoms with Crippen LogP contribution in [-0.4, -0.2) is 28.3 Å². The van der Waals surface area contributed by atoms with Crippen molar-refractivity contribution in [3.63, 3.8) is 0 Å². The molecule has 1 fully saturated rings. The largest absolute Gasteiger partial charge is 0.494 e. The SMILES string of the molecule is Cc1nc(Oc2ccc(B3OC(C)(C)C(C)(C)O3)cc2F)ncc1Cl. The van der Waals surface area contributed by atoms with Crippen LogP contribution in [-0.2, 0) is 9.31 Å². The first-order valence-corrected chi connectivity index (χ1v) is 8.29. The minimum atomic E-state index is -0.637. The number of aromatic nitrogens is 2. The van der Waals surface area contributed by atoms with Crippen LogP contribution in [0, 0.1) is 12.7 Å². The number of aryl methyl sites for hydroxylation is 1. The molecule has 1 aromatic heterocycles. The lowest BCUT2D eigenvalue weighted by atomic mass is 9.79. The fourth-order valence-corrected chi connectivity index (χ4v) is 2.40. The van der Waals surface area contributed by atoms with Gasteiger partial charge in [0.05, 0.1) is 28.1 Å². The van der Waals surface area contributed by atoms with Crippen molar-refractivity contribution >= 4 is 24.2 Å². The van der Waals surface area contributed by atoms with Gasteiger partial charge < -0.3 is 14.0 Å². The van der Waals surface area contributed by atoms with E-state index in [-0.39, 0.29) is 11.8 Å². The molecule has 0 N–H and O–H groups in total. The summed E-state index contributed by atoms with van der Waals surface area (Å²) in [6, 6.07) is 4.57. The van der Waals surface area contributed by atoms with Crippen molar-refractivity contribution in [3.05, 3.63) is 40.9 Å². The number of ether oxygens (including phenoxy) is 1. The van der Waals surface area contributed by atoms with E-state index in [0.29, 0.717) is 16.2 Å². The van der Waals surface area contributed by atoms with E-state index < -0.39 is 24.1 Å². The molecule has 0 unspecified atom stereocenters. The maximum absolute atomic E-state index is 14.4. The number of benzene rings is 1. The van der Waals surface area contributed by atoms with Crippen LogP contribution in [0.3, 0.4) is 0 Å². The van der Waals surface area contributed by atoms with Gasteiger partial charge in [-0.25, -0.2) is 9.37 Å². The van der Waals surface area contributed by atoms with Crippen LogP contribution in [0.5, 0.6) is 11.8 Å². The van der Waals surface area contributed by atoms with Gasteiger partial charge in [-0.05, 0) is 52.2 Å².